The fourth-order valence-electron chi connectivity index (χ4n) is 4.27. The molecule has 0 bridgehead atoms. The van der Waals surface area contributed by atoms with Crippen LogP contribution in [-0.2, 0) is 32.6 Å². The number of nitro groups is 1. The highest BCUT2D eigenvalue weighted by atomic mass is 35.5. The Hall–Kier alpha value is -4.94. The highest BCUT2D eigenvalue weighted by molar-refractivity contribution is 7.90. The molecule has 13 heteroatoms. The lowest BCUT2D eigenvalue weighted by Gasteiger charge is -2.23. The van der Waals surface area contributed by atoms with Crippen LogP contribution in [0.5, 0.6) is 5.75 Å². The summed E-state index contributed by atoms with van der Waals surface area (Å²) < 4.78 is 39.0. The second-order valence-corrected chi connectivity index (χ2v) is 13.3. The molecule has 2 amide bonds. The van der Waals surface area contributed by atoms with Gasteiger partial charge in [-0.1, -0.05) is 78.3 Å². The van der Waals surface area contributed by atoms with Crippen LogP contribution in [0.4, 0.5) is 10.5 Å². The lowest BCUT2D eigenvalue weighted by molar-refractivity contribution is -0.384. The van der Waals surface area contributed by atoms with Gasteiger partial charge in [0.25, 0.3) is 21.6 Å². The van der Waals surface area contributed by atoms with Gasteiger partial charge in [-0.15, -0.1) is 0 Å². The number of ether oxygens (including phenoxy) is 2. The van der Waals surface area contributed by atoms with Crippen molar-refractivity contribution >= 4 is 39.3 Å². The molecule has 4 aromatic rings. The van der Waals surface area contributed by atoms with Crippen molar-refractivity contribution < 1.29 is 32.4 Å². The Morgan fingerprint density at radius 2 is 1.50 bits per heavy atom. The number of halogens is 1. The lowest BCUT2D eigenvalue weighted by atomic mass is 10.0. The minimum absolute atomic E-state index is 0.109. The number of carbonyl (C=O) groups is 2. The molecule has 0 saturated heterocycles. The van der Waals surface area contributed by atoms with Crippen molar-refractivity contribution in [2.45, 2.75) is 50.3 Å². The van der Waals surface area contributed by atoms with Gasteiger partial charge in [-0.25, -0.2) is 17.9 Å². The molecular formula is C33H32ClN3O8S. The van der Waals surface area contributed by atoms with Crippen molar-refractivity contribution in [3.8, 4) is 16.9 Å². The van der Waals surface area contributed by atoms with Gasteiger partial charge in [0.1, 0.15) is 29.0 Å². The number of rotatable bonds is 11. The minimum atomic E-state index is -4.57. The molecule has 11 nitrogen and oxygen atoms in total. The molecule has 0 aromatic heterocycles. The highest BCUT2D eigenvalue weighted by Crippen LogP contribution is 2.27. The van der Waals surface area contributed by atoms with E-state index in [1.165, 1.54) is 0 Å². The first-order valence-corrected chi connectivity index (χ1v) is 15.9. The average Bonchev–Trinajstić information content (AvgIpc) is 3.00. The molecule has 0 aliphatic rings. The third-order valence-corrected chi connectivity index (χ3v) is 8.16. The number of amides is 2. The van der Waals surface area contributed by atoms with Crippen LogP contribution in [0.25, 0.3) is 11.1 Å². The van der Waals surface area contributed by atoms with E-state index in [-0.39, 0.29) is 11.4 Å². The maximum atomic E-state index is 13.2. The molecule has 0 spiro atoms. The number of nitro benzene ring substituents is 1. The van der Waals surface area contributed by atoms with Crippen LogP contribution < -0.4 is 14.8 Å². The van der Waals surface area contributed by atoms with Crippen molar-refractivity contribution in [3.05, 3.63) is 123 Å². The van der Waals surface area contributed by atoms with Crippen LogP contribution in [0, 0.1) is 10.1 Å². The highest BCUT2D eigenvalue weighted by Gasteiger charge is 2.29. The van der Waals surface area contributed by atoms with Gasteiger partial charge in [0.05, 0.1) is 9.82 Å². The lowest BCUT2D eigenvalue weighted by Crippen LogP contribution is -2.50. The minimum Gasteiger partial charge on any atom is -0.489 e. The molecule has 0 unspecified atom stereocenters. The molecular weight excluding hydrogens is 634 g/mol. The van der Waals surface area contributed by atoms with E-state index in [9.17, 15) is 28.1 Å². The predicted molar refractivity (Wildman–Crippen MR) is 173 cm³/mol. The van der Waals surface area contributed by atoms with Crippen molar-refractivity contribution in [3.63, 3.8) is 0 Å². The molecule has 0 heterocycles. The molecule has 2 N–H and O–H groups in total. The number of nitrogens with one attached hydrogen (secondary N) is 2. The predicted octanol–water partition coefficient (Wildman–Crippen LogP) is 6.44. The third kappa shape index (κ3) is 9.53. The number of hydrogen-bond donors (Lipinski definition) is 2. The third-order valence-electron chi connectivity index (χ3n) is 6.50. The first-order chi connectivity index (χ1) is 21.7. The summed E-state index contributed by atoms with van der Waals surface area (Å²) in [5.41, 5.74) is 2.22. The van der Waals surface area contributed by atoms with Crippen molar-refractivity contribution in [1.29, 1.82) is 0 Å². The average molecular weight is 666 g/mol. The number of carbonyl (C=O) groups excluding carboxylic acids is 2. The fraction of sp³-hybridized carbons (Fsp3) is 0.212. The first-order valence-electron chi connectivity index (χ1n) is 14.1. The zero-order chi connectivity index (χ0) is 33.5. The maximum Gasteiger partial charge on any atom is 0.408 e. The van der Waals surface area contributed by atoms with E-state index in [0.29, 0.717) is 17.9 Å². The summed E-state index contributed by atoms with van der Waals surface area (Å²) >= 11 is 5.79. The van der Waals surface area contributed by atoms with E-state index in [4.69, 9.17) is 21.1 Å². The van der Waals surface area contributed by atoms with Crippen LogP contribution in [0.2, 0.25) is 5.02 Å². The molecule has 0 saturated carbocycles. The van der Waals surface area contributed by atoms with Gasteiger partial charge < -0.3 is 14.8 Å². The molecule has 4 rings (SSSR count). The number of hydrogen-bond acceptors (Lipinski definition) is 8. The van der Waals surface area contributed by atoms with Crippen molar-refractivity contribution in [1.82, 2.24) is 10.0 Å². The van der Waals surface area contributed by atoms with Gasteiger partial charge in [0.15, 0.2) is 0 Å². The Kier molecular flexibility index (Phi) is 10.7. The van der Waals surface area contributed by atoms with Crippen LogP contribution in [0.15, 0.2) is 102 Å². The normalized spacial score (nSPS) is 12.1. The van der Waals surface area contributed by atoms with E-state index < -0.39 is 49.2 Å². The molecule has 0 fully saturated rings. The SMILES string of the molecule is CC(C)(C)OC(=O)N[C@@H](Cc1ccc(OCc2ccc(-c3ccccc3)cc2)cc1)C(=O)NS(=O)(=O)c1ccc(Cl)c([N+](=O)[O-])c1. The Balaban J connectivity index is 1.45. The van der Waals surface area contributed by atoms with Crippen LogP contribution in [0.1, 0.15) is 31.9 Å². The second kappa shape index (κ2) is 14.4. The van der Waals surface area contributed by atoms with E-state index in [1.807, 2.05) is 59.3 Å². The van der Waals surface area contributed by atoms with Gasteiger partial charge in [-0.05, 0) is 67.3 Å². The Morgan fingerprint density at radius 1 is 0.891 bits per heavy atom. The molecule has 46 heavy (non-hydrogen) atoms. The van der Waals surface area contributed by atoms with Crippen LogP contribution >= 0.6 is 11.6 Å². The molecule has 1 atom stereocenters. The number of alkyl carbamates (subject to hydrolysis) is 1. The Bertz CT molecular complexity index is 1810. The van der Waals surface area contributed by atoms with E-state index in [1.54, 1.807) is 45.0 Å². The number of nitrogens with zero attached hydrogens (tertiary/aromatic N) is 1. The van der Waals surface area contributed by atoms with E-state index >= 15 is 0 Å². The molecule has 0 aliphatic heterocycles. The summed E-state index contributed by atoms with van der Waals surface area (Å²) in [4.78, 5) is 35.6. The monoisotopic (exact) mass is 665 g/mol. The first kappa shape index (κ1) is 33.9. The van der Waals surface area contributed by atoms with Crippen LogP contribution in [-0.4, -0.2) is 37.0 Å². The van der Waals surface area contributed by atoms with Crippen LogP contribution in [0.3, 0.4) is 0 Å². The molecule has 0 radical (unpaired) electrons. The zero-order valence-corrected chi connectivity index (χ0v) is 26.8. The Labute approximate surface area is 271 Å². The molecule has 240 valence electrons. The molecule has 4 aromatic carbocycles. The summed E-state index contributed by atoms with van der Waals surface area (Å²) in [6.07, 6.45) is -1.05. The summed E-state index contributed by atoms with van der Waals surface area (Å²) in [5.74, 6) is -0.522. The van der Waals surface area contributed by atoms with Gasteiger partial charge in [-0.3, -0.25) is 14.9 Å². The smallest absolute Gasteiger partial charge is 0.408 e. The summed E-state index contributed by atoms with van der Waals surface area (Å²) in [7, 11) is -4.57. The topological polar surface area (TPSA) is 154 Å². The second-order valence-electron chi connectivity index (χ2n) is 11.2. The maximum absolute atomic E-state index is 13.2. The largest absolute Gasteiger partial charge is 0.489 e. The van der Waals surface area contributed by atoms with Crippen molar-refractivity contribution in [2.24, 2.45) is 0 Å². The summed E-state index contributed by atoms with van der Waals surface area (Å²) in [6.45, 7) is 5.22. The van der Waals surface area contributed by atoms with Gasteiger partial charge in [-0.2, -0.15) is 0 Å². The van der Waals surface area contributed by atoms with Gasteiger partial charge >= 0.3 is 6.09 Å². The molecule has 0 aliphatic carbocycles. The standard InChI is InChI=1S/C33H32ClN3O8S/c1-33(2,3)45-32(39)35-29(31(38)36-46(42,43)27-17-18-28(34)30(20-27)37(40)41)19-22-11-15-26(16-12-22)44-21-23-9-13-25(14-10-23)24-7-5-4-6-8-24/h4-18,20,29H,19,21H2,1-3H3,(H,35,39)(H,36,38)/t29-/m0/s1. The van der Waals surface area contributed by atoms with E-state index in [0.717, 1.165) is 34.9 Å². The van der Waals surface area contributed by atoms with Crippen molar-refractivity contribution in [2.75, 3.05) is 0 Å². The number of benzene rings is 4. The quantitative estimate of drug-likeness (QED) is 0.137. The zero-order valence-electron chi connectivity index (χ0n) is 25.2. The van der Waals surface area contributed by atoms with Gasteiger partial charge in [0, 0.05) is 12.5 Å². The Morgan fingerprint density at radius 3 is 2.11 bits per heavy atom. The number of sulfonamides is 1. The van der Waals surface area contributed by atoms with Gasteiger partial charge in [0.2, 0.25) is 0 Å². The fourth-order valence-corrected chi connectivity index (χ4v) is 5.49. The summed E-state index contributed by atoms with van der Waals surface area (Å²) in [6, 6.07) is 26.2. The summed E-state index contributed by atoms with van der Waals surface area (Å²) in [5, 5.41) is 13.4. The van der Waals surface area contributed by atoms with E-state index in [2.05, 4.69) is 5.32 Å².